The van der Waals surface area contributed by atoms with Gasteiger partial charge in [0.05, 0.1) is 61.6 Å². The third-order valence-electron chi connectivity index (χ3n) is 10.2. The number of ketones is 3. The molecule has 10 rings (SSSR count). The monoisotopic (exact) mass is 971 g/mol. The second-order valence-corrected chi connectivity index (χ2v) is 17.7. The van der Waals surface area contributed by atoms with E-state index in [0.29, 0.717) is 57.0 Å². The molecule has 0 radical (unpaired) electrons. The molecule has 9 aromatic rings. The van der Waals surface area contributed by atoms with E-state index in [4.69, 9.17) is 21.1 Å². The van der Waals surface area contributed by atoms with Crippen LogP contribution in [-0.2, 0) is 19.3 Å². The normalized spacial score (nSPS) is 11.5. The minimum absolute atomic E-state index is 0.00957. The molecule has 1 saturated carbocycles. The zero-order valence-electron chi connectivity index (χ0n) is 37.0. The van der Waals surface area contributed by atoms with Crippen molar-refractivity contribution in [3.05, 3.63) is 213 Å². The number of hydrogen-bond donors (Lipinski definition) is 0. The van der Waals surface area contributed by atoms with Gasteiger partial charge in [0, 0.05) is 75.4 Å². The fraction of sp³-hybridized carbons (Fsp3) is 0.135. The lowest BCUT2D eigenvalue weighted by Gasteiger charge is -2.19. The Balaban J connectivity index is 0.000000140. The fourth-order valence-electron chi connectivity index (χ4n) is 6.60. The second-order valence-electron chi connectivity index (χ2n) is 15.4. The van der Waals surface area contributed by atoms with Gasteiger partial charge in [-0.05, 0) is 79.6 Å². The number of aromatic nitrogens is 8. The molecule has 14 nitrogen and oxygen atoms in total. The van der Waals surface area contributed by atoms with Gasteiger partial charge in [0.1, 0.15) is 39.9 Å². The third-order valence-corrected chi connectivity index (χ3v) is 12.1. The van der Waals surface area contributed by atoms with Crippen molar-refractivity contribution in [2.45, 2.75) is 38.0 Å². The molecule has 6 aromatic heterocycles. The number of benzene rings is 3. The Morgan fingerprint density at radius 2 is 1.28 bits per heavy atom. The van der Waals surface area contributed by atoms with Crippen molar-refractivity contribution in [1.82, 2.24) is 39.9 Å². The Bertz CT molecular complexity index is 3090. The van der Waals surface area contributed by atoms with Crippen LogP contribution in [0.3, 0.4) is 0 Å². The van der Waals surface area contributed by atoms with Gasteiger partial charge in [-0.25, -0.2) is 29.9 Å². The van der Waals surface area contributed by atoms with E-state index >= 15 is 0 Å². The lowest BCUT2D eigenvalue weighted by Crippen LogP contribution is -2.11. The van der Waals surface area contributed by atoms with E-state index in [2.05, 4.69) is 45.3 Å². The summed E-state index contributed by atoms with van der Waals surface area (Å²) in [5.74, 6) is 2.84. The number of Topliss-reactive ketones (excluding diaryl/α,β-unsaturated/α-hetero) is 3. The van der Waals surface area contributed by atoms with Crippen molar-refractivity contribution >= 4 is 63.0 Å². The van der Waals surface area contributed by atoms with Gasteiger partial charge in [0.15, 0.2) is 23.1 Å². The first-order valence-corrected chi connectivity index (χ1v) is 23.7. The molecule has 0 N–H and O–H groups in total. The van der Waals surface area contributed by atoms with Crippen LogP contribution < -0.4 is 14.4 Å². The number of carbonyl (C=O) groups excluding carboxylic acids is 3. The third kappa shape index (κ3) is 14.3. The minimum atomic E-state index is -0.0339. The van der Waals surface area contributed by atoms with Crippen LogP contribution in [0.2, 0.25) is 5.02 Å². The summed E-state index contributed by atoms with van der Waals surface area (Å²) in [6.45, 7) is 0. The second kappa shape index (κ2) is 23.7. The highest BCUT2D eigenvalue weighted by atomic mass is 35.5. The highest BCUT2D eigenvalue weighted by Crippen LogP contribution is 2.40. The molecule has 6 heterocycles. The predicted octanol–water partition coefficient (Wildman–Crippen LogP) is 11.5. The Morgan fingerprint density at radius 1 is 0.594 bits per heavy atom. The van der Waals surface area contributed by atoms with Gasteiger partial charge in [-0.2, -0.15) is 0 Å². The largest absolute Gasteiger partial charge is 0.456 e. The zero-order chi connectivity index (χ0) is 47.8. The number of nitrogens with zero attached hydrogens (tertiary/aromatic N) is 9. The first-order chi connectivity index (χ1) is 33.7. The van der Waals surface area contributed by atoms with E-state index in [0.717, 1.165) is 32.8 Å². The SMILES string of the molecule is CN(c1cncnc1)c1cccc(C(=O)Cc2nccs2)c1.O=C(Cc1ccccn1)c1cccc(Oc2cccnc2)c1.O=C(Cc1nc(C2CC2)cs1)c1cc(Cl)cc(Oc2cncnc2)c1. The molecular formula is C52H42ClN9O5S2. The van der Waals surface area contributed by atoms with Crippen molar-refractivity contribution in [3.8, 4) is 23.0 Å². The van der Waals surface area contributed by atoms with Gasteiger partial charge in [0.25, 0.3) is 0 Å². The summed E-state index contributed by atoms with van der Waals surface area (Å²) in [4.78, 5) is 71.9. The average Bonchev–Trinajstić information content (AvgIpc) is 3.91. The Labute approximate surface area is 410 Å². The molecule has 0 bridgehead atoms. The van der Waals surface area contributed by atoms with Crippen LogP contribution in [0.1, 0.15) is 71.2 Å². The molecule has 3 aromatic carbocycles. The number of hydrogen-bond acceptors (Lipinski definition) is 16. The molecule has 1 aliphatic rings. The van der Waals surface area contributed by atoms with Gasteiger partial charge in [-0.15, -0.1) is 22.7 Å². The molecule has 0 atom stereocenters. The number of rotatable bonds is 16. The van der Waals surface area contributed by atoms with Crippen molar-refractivity contribution in [3.63, 3.8) is 0 Å². The summed E-state index contributed by atoms with van der Waals surface area (Å²) in [6, 6.07) is 28.8. The van der Waals surface area contributed by atoms with E-state index < -0.39 is 0 Å². The van der Waals surface area contributed by atoms with E-state index in [1.807, 2.05) is 71.9 Å². The molecule has 69 heavy (non-hydrogen) atoms. The van der Waals surface area contributed by atoms with Crippen LogP contribution in [0.25, 0.3) is 0 Å². The Kier molecular flexibility index (Phi) is 16.3. The smallest absolute Gasteiger partial charge is 0.169 e. The summed E-state index contributed by atoms with van der Waals surface area (Å²) < 4.78 is 11.4. The number of carbonyl (C=O) groups is 3. The fourth-order valence-corrected chi connectivity index (χ4v) is 8.31. The van der Waals surface area contributed by atoms with Gasteiger partial charge < -0.3 is 14.4 Å². The topological polar surface area (TPSA) is 176 Å². The molecule has 0 amide bonds. The minimum Gasteiger partial charge on any atom is -0.456 e. The summed E-state index contributed by atoms with van der Waals surface area (Å²) in [5, 5.41) is 6.05. The van der Waals surface area contributed by atoms with E-state index in [9.17, 15) is 14.4 Å². The predicted molar refractivity (Wildman–Crippen MR) is 265 cm³/mol. The Hall–Kier alpha value is -7.92. The molecule has 0 saturated heterocycles. The molecule has 1 aliphatic carbocycles. The summed E-state index contributed by atoms with van der Waals surface area (Å²) in [5.41, 5.74) is 5.44. The maximum atomic E-state index is 12.6. The van der Waals surface area contributed by atoms with E-state index in [1.165, 1.54) is 48.2 Å². The number of halogens is 1. The lowest BCUT2D eigenvalue weighted by molar-refractivity contribution is 0.0984. The number of thiazole rings is 2. The van der Waals surface area contributed by atoms with E-state index in [1.54, 1.807) is 92.0 Å². The van der Waals surface area contributed by atoms with Gasteiger partial charge in [-0.1, -0.05) is 41.9 Å². The van der Waals surface area contributed by atoms with Crippen molar-refractivity contribution in [1.29, 1.82) is 0 Å². The molecule has 344 valence electrons. The Morgan fingerprint density at radius 3 is 2.00 bits per heavy atom. The van der Waals surface area contributed by atoms with Gasteiger partial charge in [0.2, 0.25) is 0 Å². The maximum absolute atomic E-state index is 12.6. The highest BCUT2D eigenvalue weighted by molar-refractivity contribution is 7.10. The first-order valence-electron chi connectivity index (χ1n) is 21.5. The number of pyridine rings is 2. The van der Waals surface area contributed by atoms with Crippen LogP contribution in [0, 0.1) is 0 Å². The van der Waals surface area contributed by atoms with Crippen LogP contribution in [-0.4, -0.2) is 64.3 Å². The van der Waals surface area contributed by atoms with Crippen LogP contribution in [0.5, 0.6) is 23.0 Å². The van der Waals surface area contributed by atoms with Crippen molar-refractivity contribution in [2.24, 2.45) is 0 Å². The standard InChI is InChI=1S/C18H14ClN3O2S.C18H14N2O2.C16H14N4OS/c19-13-3-12(4-14(5-13)24-15-7-20-10-21-8-15)17(23)6-18-22-16(9-25-18)11-1-2-11;21-18(12-15-6-1-2-10-20-15)14-5-3-7-16(11-14)22-17-8-4-9-19-13-17;1-20(14-9-17-11-18-10-14)13-4-2-3-12(7-13)15(21)8-16-19-5-6-22-16/h3-5,7-11H,1-2,6H2;1-11,13H,12H2;2-7,9-11H,8H2,1H3. The summed E-state index contributed by atoms with van der Waals surface area (Å²) in [6.07, 6.45) is 19.5. The van der Waals surface area contributed by atoms with Crippen molar-refractivity contribution in [2.75, 3.05) is 11.9 Å². The quantitative estimate of drug-likeness (QED) is 0.0836. The van der Waals surface area contributed by atoms with Gasteiger partial charge >= 0.3 is 0 Å². The zero-order valence-corrected chi connectivity index (χ0v) is 39.4. The lowest BCUT2D eigenvalue weighted by atomic mass is 10.1. The summed E-state index contributed by atoms with van der Waals surface area (Å²) >= 11 is 9.17. The van der Waals surface area contributed by atoms with E-state index in [-0.39, 0.29) is 30.2 Å². The molecule has 0 unspecified atom stereocenters. The molecule has 17 heteroatoms. The van der Waals surface area contributed by atoms with Gasteiger partial charge in [-0.3, -0.25) is 24.4 Å². The summed E-state index contributed by atoms with van der Waals surface area (Å²) in [7, 11) is 1.92. The molecule has 0 aliphatic heterocycles. The first kappa shape index (κ1) is 47.6. The van der Waals surface area contributed by atoms with Crippen LogP contribution >= 0.6 is 34.3 Å². The number of anilines is 2. The molecule has 1 fully saturated rings. The molecular weight excluding hydrogens is 930 g/mol. The molecule has 0 spiro atoms. The number of ether oxygens (including phenoxy) is 2. The average molecular weight is 973 g/mol. The van der Waals surface area contributed by atoms with Crippen molar-refractivity contribution < 1.29 is 23.9 Å². The van der Waals surface area contributed by atoms with Crippen LogP contribution in [0.15, 0.2) is 170 Å². The highest BCUT2D eigenvalue weighted by Gasteiger charge is 2.26. The maximum Gasteiger partial charge on any atom is 0.169 e. The van der Waals surface area contributed by atoms with Crippen LogP contribution in [0.4, 0.5) is 11.4 Å².